The predicted molar refractivity (Wildman–Crippen MR) is 102 cm³/mol. The van der Waals surface area contributed by atoms with Gasteiger partial charge in [0.25, 0.3) is 0 Å². The van der Waals surface area contributed by atoms with E-state index in [1.54, 1.807) is 30.3 Å². The van der Waals surface area contributed by atoms with Crippen LogP contribution in [0.1, 0.15) is 16.7 Å². The lowest BCUT2D eigenvalue weighted by Crippen LogP contribution is -2.38. The van der Waals surface area contributed by atoms with Gasteiger partial charge < -0.3 is 5.32 Å². The number of nitrogens with one attached hydrogen (secondary N) is 1. The van der Waals surface area contributed by atoms with Gasteiger partial charge in [0.15, 0.2) is 0 Å². The zero-order valence-corrected chi connectivity index (χ0v) is 16.9. The monoisotopic (exact) mass is 468 g/mol. The van der Waals surface area contributed by atoms with Crippen molar-refractivity contribution in [2.45, 2.75) is 18.8 Å². The van der Waals surface area contributed by atoms with E-state index in [-0.39, 0.29) is 19.0 Å². The van der Waals surface area contributed by atoms with Crippen LogP contribution < -0.4 is 5.32 Å². The third kappa shape index (κ3) is 7.55. The number of anilines is 1. The number of nitrogens with zero attached hydrogens (tertiary/aromatic N) is 1. The summed E-state index contributed by atoms with van der Waals surface area (Å²) in [5.41, 5.74) is -3.16. The van der Waals surface area contributed by atoms with Gasteiger partial charge in [0, 0.05) is 12.2 Å². The summed E-state index contributed by atoms with van der Waals surface area (Å²) < 4.78 is 102. The first kappa shape index (κ1) is 24.7. The summed E-state index contributed by atoms with van der Waals surface area (Å²) >= 11 is 0. The zero-order chi connectivity index (χ0) is 23.4. The molecular weight excluding hydrogens is 450 g/mol. The van der Waals surface area contributed by atoms with Crippen LogP contribution in [0.4, 0.5) is 32.0 Å². The van der Waals surface area contributed by atoms with Gasteiger partial charge in [-0.25, -0.2) is 8.42 Å². The summed E-state index contributed by atoms with van der Waals surface area (Å²) in [5.74, 6) is -1.08. The first-order chi connectivity index (χ1) is 14.2. The number of alkyl halides is 6. The number of benzene rings is 2. The zero-order valence-electron chi connectivity index (χ0n) is 16.1. The highest BCUT2D eigenvalue weighted by Crippen LogP contribution is 2.37. The molecule has 1 amide bonds. The molecule has 0 saturated heterocycles. The number of amides is 1. The molecule has 0 atom stereocenters. The Morgan fingerprint density at radius 2 is 1.45 bits per heavy atom. The van der Waals surface area contributed by atoms with Crippen molar-refractivity contribution in [3.05, 3.63) is 65.2 Å². The second kappa shape index (κ2) is 9.27. The molecule has 0 bridgehead atoms. The highest BCUT2D eigenvalue weighted by molar-refractivity contribution is 7.88. The maximum Gasteiger partial charge on any atom is 0.416 e. The molecule has 0 spiro atoms. The third-order valence-corrected chi connectivity index (χ3v) is 5.40. The minimum atomic E-state index is -5.07. The molecule has 0 aliphatic carbocycles. The van der Waals surface area contributed by atoms with Crippen LogP contribution in [0.15, 0.2) is 48.5 Å². The molecule has 2 aromatic carbocycles. The number of carbonyl (C=O) groups is 1. The van der Waals surface area contributed by atoms with E-state index < -0.39 is 51.6 Å². The minimum Gasteiger partial charge on any atom is -0.325 e. The number of hydrogen-bond acceptors (Lipinski definition) is 3. The molecule has 170 valence electrons. The molecule has 12 heteroatoms. The van der Waals surface area contributed by atoms with Crippen molar-refractivity contribution in [1.82, 2.24) is 4.31 Å². The van der Waals surface area contributed by atoms with Crippen molar-refractivity contribution in [2.75, 3.05) is 24.7 Å². The van der Waals surface area contributed by atoms with E-state index in [9.17, 15) is 39.6 Å². The number of halogens is 6. The van der Waals surface area contributed by atoms with Gasteiger partial charge in [-0.2, -0.15) is 30.6 Å². The maximum atomic E-state index is 12.9. The number of hydrogen-bond donors (Lipinski definition) is 1. The molecule has 0 fully saturated rings. The summed E-state index contributed by atoms with van der Waals surface area (Å²) in [6, 6.07) is 9.33. The van der Waals surface area contributed by atoms with Gasteiger partial charge in [0.1, 0.15) is 0 Å². The molecule has 2 rings (SSSR count). The summed E-state index contributed by atoms with van der Waals surface area (Å²) in [4.78, 5) is 12.2. The van der Waals surface area contributed by atoms with E-state index in [1.165, 1.54) is 0 Å². The molecular formula is C19H18F6N2O3S. The fraction of sp³-hybridized carbons (Fsp3) is 0.316. The number of carbonyl (C=O) groups excluding carboxylic acids is 1. The van der Waals surface area contributed by atoms with Gasteiger partial charge in [-0.15, -0.1) is 0 Å². The van der Waals surface area contributed by atoms with Gasteiger partial charge in [-0.3, -0.25) is 4.79 Å². The highest BCUT2D eigenvalue weighted by atomic mass is 32.2. The molecule has 0 aliphatic rings. The lowest BCUT2D eigenvalue weighted by molar-refractivity contribution is -0.143. The fourth-order valence-electron chi connectivity index (χ4n) is 2.65. The van der Waals surface area contributed by atoms with Crippen molar-refractivity contribution in [2.24, 2.45) is 0 Å². The van der Waals surface area contributed by atoms with Gasteiger partial charge in [-0.1, -0.05) is 30.3 Å². The van der Waals surface area contributed by atoms with Crippen LogP contribution in [-0.4, -0.2) is 38.0 Å². The molecule has 5 nitrogen and oxygen atoms in total. The van der Waals surface area contributed by atoms with Crippen LogP contribution in [0.2, 0.25) is 0 Å². The van der Waals surface area contributed by atoms with E-state index in [0.29, 0.717) is 12.1 Å². The van der Waals surface area contributed by atoms with Crippen LogP contribution in [0.25, 0.3) is 0 Å². The van der Waals surface area contributed by atoms with Crippen molar-refractivity contribution in [3.8, 4) is 0 Å². The Morgan fingerprint density at radius 1 is 0.935 bits per heavy atom. The molecule has 0 heterocycles. The van der Waals surface area contributed by atoms with E-state index in [1.807, 2.05) is 5.32 Å². The molecule has 0 aromatic heterocycles. The van der Waals surface area contributed by atoms with E-state index in [2.05, 4.69) is 0 Å². The van der Waals surface area contributed by atoms with Gasteiger partial charge in [0.05, 0.1) is 23.9 Å². The standard InChI is InChI=1S/C19H18F6N2O3S/c1-31(29,30)27(8-7-13-5-3-2-4-6-13)12-17(28)26-16-10-14(18(20,21)22)9-15(11-16)19(23,24)25/h2-6,9-11H,7-8,12H2,1H3,(H,26,28). The Morgan fingerprint density at radius 3 is 1.90 bits per heavy atom. The Kier molecular flexibility index (Phi) is 7.37. The quantitative estimate of drug-likeness (QED) is 0.621. The molecule has 0 radical (unpaired) electrons. The normalized spacial score (nSPS) is 12.8. The SMILES string of the molecule is CS(=O)(=O)N(CCc1ccccc1)CC(=O)Nc1cc(C(F)(F)F)cc(C(F)(F)F)c1. The molecule has 31 heavy (non-hydrogen) atoms. The molecule has 1 N–H and O–H groups in total. The lowest BCUT2D eigenvalue weighted by atomic mass is 10.1. The second-order valence-electron chi connectivity index (χ2n) is 6.67. The largest absolute Gasteiger partial charge is 0.416 e. The first-order valence-electron chi connectivity index (χ1n) is 8.74. The van der Waals surface area contributed by atoms with Crippen molar-refractivity contribution in [3.63, 3.8) is 0 Å². The Labute approximate surface area is 174 Å². The second-order valence-corrected chi connectivity index (χ2v) is 8.66. The Bertz CT molecular complexity index is 989. The number of sulfonamides is 1. The summed E-state index contributed by atoms with van der Waals surface area (Å²) in [6.07, 6.45) is -9.05. The van der Waals surface area contributed by atoms with Crippen LogP contribution in [0.5, 0.6) is 0 Å². The average molecular weight is 468 g/mol. The maximum absolute atomic E-state index is 12.9. The van der Waals surface area contributed by atoms with E-state index in [0.717, 1.165) is 16.1 Å². The van der Waals surface area contributed by atoms with Crippen molar-refractivity contribution < 1.29 is 39.6 Å². The average Bonchev–Trinajstić information content (AvgIpc) is 2.63. The highest BCUT2D eigenvalue weighted by Gasteiger charge is 2.37. The smallest absolute Gasteiger partial charge is 0.325 e. The van der Waals surface area contributed by atoms with Crippen molar-refractivity contribution in [1.29, 1.82) is 0 Å². The molecule has 0 aliphatic heterocycles. The minimum absolute atomic E-state index is 0.0711. The number of rotatable bonds is 7. The van der Waals surface area contributed by atoms with Gasteiger partial charge >= 0.3 is 12.4 Å². The van der Waals surface area contributed by atoms with Crippen LogP contribution >= 0.6 is 0 Å². The third-order valence-electron chi connectivity index (χ3n) is 4.15. The topological polar surface area (TPSA) is 66.5 Å². The van der Waals surface area contributed by atoms with Crippen LogP contribution in [0, 0.1) is 0 Å². The predicted octanol–water partition coefficient (Wildman–Crippen LogP) is 4.17. The fourth-order valence-corrected chi connectivity index (χ4v) is 3.42. The Hall–Kier alpha value is -2.60. The lowest BCUT2D eigenvalue weighted by Gasteiger charge is -2.20. The van der Waals surface area contributed by atoms with Gasteiger partial charge in [-0.05, 0) is 30.2 Å². The summed E-state index contributed by atoms with van der Waals surface area (Å²) in [7, 11) is -3.87. The van der Waals surface area contributed by atoms with E-state index in [4.69, 9.17) is 0 Å². The molecule has 0 unspecified atom stereocenters. The first-order valence-corrected chi connectivity index (χ1v) is 10.6. The summed E-state index contributed by atoms with van der Waals surface area (Å²) in [6.45, 7) is -0.879. The van der Waals surface area contributed by atoms with Crippen LogP contribution in [-0.2, 0) is 33.6 Å². The van der Waals surface area contributed by atoms with E-state index >= 15 is 0 Å². The van der Waals surface area contributed by atoms with Crippen molar-refractivity contribution >= 4 is 21.6 Å². The van der Waals surface area contributed by atoms with Gasteiger partial charge in [0.2, 0.25) is 15.9 Å². The molecule has 0 saturated carbocycles. The Balaban J connectivity index is 2.20. The summed E-state index contributed by atoms with van der Waals surface area (Å²) in [5, 5.41) is 1.92. The van der Waals surface area contributed by atoms with Crippen LogP contribution in [0.3, 0.4) is 0 Å². The molecule has 2 aromatic rings.